The number of benzene rings is 3. The van der Waals surface area contributed by atoms with E-state index in [-0.39, 0.29) is 10.9 Å². The van der Waals surface area contributed by atoms with E-state index in [4.69, 9.17) is 5.14 Å². The summed E-state index contributed by atoms with van der Waals surface area (Å²) in [4.78, 5) is 29.2. The van der Waals surface area contributed by atoms with Crippen LogP contribution in [0.2, 0.25) is 0 Å². The molecule has 152 valence electrons. The minimum atomic E-state index is -3.85. The van der Waals surface area contributed by atoms with E-state index in [0.29, 0.717) is 16.8 Å². The van der Waals surface area contributed by atoms with E-state index in [1.54, 1.807) is 60.7 Å². The molecule has 3 rings (SSSR count). The number of sulfonamides is 1. The van der Waals surface area contributed by atoms with Crippen molar-refractivity contribution in [2.45, 2.75) is 4.90 Å². The van der Waals surface area contributed by atoms with E-state index < -0.39 is 21.8 Å². The molecule has 3 aromatic rings. The van der Waals surface area contributed by atoms with Gasteiger partial charge in [-0.2, -0.15) is 0 Å². The number of rotatable bonds is 4. The second-order valence-electron chi connectivity index (χ2n) is 6.14. The highest BCUT2D eigenvalue weighted by atomic mass is 32.2. The van der Waals surface area contributed by atoms with Crippen LogP contribution in [0.15, 0.2) is 94.8 Å². The lowest BCUT2D eigenvalue weighted by atomic mass is 10.2. The molecule has 0 atom stereocenters. The number of carbonyl (C=O) groups is 2. The molecular formula is C21H18N4O4S. The van der Waals surface area contributed by atoms with Gasteiger partial charge in [0.25, 0.3) is 11.8 Å². The lowest BCUT2D eigenvalue weighted by Gasteiger charge is -2.11. The monoisotopic (exact) mass is 422 g/mol. The molecule has 8 nitrogen and oxygen atoms in total. The van der Waals surface area contributed by atoms with Crippen LogP contribution in [-0.4, -0.2) is 26.2 Å². The minimum Gasteiger partial charge on any atom is -0.292 e. The summed E-state index contributed by atoms with van der Waals surface area (Å²) in [6.07, 6.45) is 0. The maximum absolute atomic E-state index is 12.5. The van der Waals surface area contributed by atoms with Crippen LogP contribution in [0.25, 0.3) is 0 Å². The Hall–Kier alpha value is -3.82. The first-order chi connectivity index (χ1) is 14.3. The fraction of sp³-hybridized carbons (Fsp3) is 0. The molecule has 4 N–H and O–H groups in total. The van der Waals surface area contributed by atoms with Crippen molar-refractivity contribution in [2.24, 2.45) is 10.1 Å². The van der Waals surface area contributed by atoms with Crippen molar-refractivity contribution >= 4 is 33.5 Å². The van der Waals surface area contributed by atoms with E-state index >= 15 is 0 Å². The van der Waals surface area contributed by atoms with Crippen LogP contribution < -0.4 is 15.8 Å². The zero-order valence-electron chi connectivity index (χ0n) is 15.6. The number of carbonyl (C=O) groups excluding carboxylic acids is 2. The first kappa shape index (κ1) is 20.9. The molecule has 0 radical (unpaired) electrons. The van der Waals surface area contributed by atoms with E-state index in [1.807, 2.05) is 0 Å². The number of amides is 2. The Bertz CT molecular complexity index is 1120. The predicted octanol–water partition coefficient (Wildman–Crippen LogP) is 2.18. The molecule has 0 fully saturated rings. The molecule has 3 aromatic carbocycles. The Balaban J connectivity index is 1.89. The third-order valence-electron chi connectivity index (χ3n) is 3.94. The van der Waals surface area contributed by atoms with Gasteiger partial charge in [0.05, 0.1) is 10.6 Å². The van der Waals surface area contributed by atoms with Crippen molar-refractivity contribution < 1.29 is 18.0 Å². The summed E-state index contributed by atoms with van der Waals surface area (Å²) in [5, 5.41) is 10.2. The van der Waals surface area contributed by atoms with Crippen molar-refractivity contribution in [1.29, 1.82) is 0 Å². The number of primary sulfonamides is 1. The molecular weight excluding hydrogens is 404 g/mol. The lowest BCUT2D eigenvalue weighted by Crippen LogP contribution is -2.43. The van der Waals surface area contributed by atoms with Gasteiger partial charge in [0.1, 0.15) is 0 Å². The van der Waals surface area contributed by atoms with Gasteiger partial charge in [-0.25, -0.2) is 18.5 Å². The fourth-order valence-electron chi connectivity index (χ4n) is 2.47. The van der Waals surface area contributed by atoms with Crippen molar-refractivity contribution in [3.63, 3.8) is 0 Å². The zero-order chi connectivity index (χ0) is 21.6. The predicted molar refractivity (Wildman–Crippen MR) is 113 cm³/mol. The van der Waals surface area contributed by atoms with E-state index in [1.165, 1.54) is 24.3 Å². The topological polar surface area (TPSA) is 131 Å². The highest BCUT2D eigenvalue weighted by molar-refractivity contribution is 7.89. The maximum atomic E-state index is 12.5. The van der Waals surface area contributed by atoms with E-state index in [9.17, 15) is 18.0 Å². The summed E-state index contributed by atoms with van der Waals surface area (Å²) in [6.45, 7) is 0. The van der Waals surface area contributed by atoms with Crippen LogP contribution in [0.1, 0.15) is 20.7 Å². The van der Waals surface area contributed by atoms with Crippen molar-refractivity contribution in [2.75, 3.05) is 0 Å². The smallest absolute Gasteiger partial charge is 0.257 e. The van der Waals surface area contributed by atoms with Crippen LogP contribution in [0.5, 0.6) is 0 Å². The Kier molecular flexibility index (Phi) is 6.35. The van der Waals surface area contributed by atoms with Crippen molar-refractivity contribution in [3.05, 3.63) is 96.1 Å². The maximum Gasteiger partial charge on any atom is 0.257 e. The normalized spacial score (nSPS) is 10.7. The molecule has 0 spiro atoms. The van der Waals surface area contributed by atoms with Gasteiger partial charge in [0.2, 0.25) is 16.0 Å². The van der Waals surface area contributed by atoms with Crippen molar-refractivity contribution in [1.82, 2.24) is 10.6 Å². The SMILES string of the molecule is NS(=O)(=O)c1ccc(N=C(NC(=O)c2ccccc2)NC(=O)c2ccccc2)cc1. The molecule has 0 unspecified atom stereocenters. The summed E-state index contributed by atoms with van der Waals surface area (Å²) in [5.74, 6) is -1.05. The number of hydrogen-bond acceptors (Lipinski definition) is 5. The van der Waals surface area contributed by atoms with Gasteiger partial charge in [-0.15, -0.1) is 0 Å². The molecule has 9 heteroatoms. The van der Waals surface area contributed by atoms with Gasteiger partial charge in [0.15, 0.2) is 0 Å². The second-order valence-corrected chi connectivity index (χ2v) is 7.70. The number of hydrogen-bond donors (Lipinski definition) is 3. The van der Waals surface area contributed by atoms with E-state index in [0.717, 1.165) is 0 Å². The highest BCUT2D eigenvalue weighted by Gasteiger charge is 2.14. The number of nitrogens with two attached hydrogens (primary N) is 1. The average molecular weight is 422 g/mol. The molecule has 0 saturated heterocycles. The van der Waals surface area contributed by atoms with Crippen LogP contribution in [0, 0.1) is 0 Å². The van der Waals surface area contributed by atoms with Gasteiger partial charge >= 0.3 is 0 Å². The molecule has 0 saturated carbocycles. The van der Waals surface area contributed by atoms with Crippen LogP contribution in [0.4, 0.5) is 5.69 Å². The molecule has 30 heavy (non-hydrogen) atoms. The Morgan fingerprint density at radius 3 is 1.53 bits per heavy atom. The summed E-state index contributed by atoms with van der Waals surface area (Å²) in [6, 6.07) is 22.2. The molecule has 0 aromatic heterocycles. The molecule has 0 bridgehead atoms. The third kappa shape index (κ3) is 5.60. The second kappa shape index (κ2) is 9.12. The average Bonchev–Trinajstić information content (AvgIpc) is 2.74. The van der Waals surface area contributed by atoms with Gasteiger partial charge in [-0.1, -0.05) is 36.4 Å². The number of guanidine groups is 1. The van der Waals surface area contributed by atoms with Gasteiger partial charge < -0.3 is 0 Å². The number of nitrogens with one attached hydrogen (secondary N) is 2. The molecule has 0 aliphatic carbocycles. The lowest BCUT2D eigenvalue weighted by molar-refractivity contribution is 0.0966. The van der Waals surface area contributed by atoms with Gasteiger partial charge in [0, 0.05) is 11.1 Å². The molecule has 0 heterocycles. The van der Waals surface area contributed by atoms with Crippen LogP contribution in [0.3, 0.4) is 0 Å². The quantitative estimate of drug-likeness (QED) is 0.439. The van der Waals surface area contributed by atoms with Gasteiger partial charge in [-0.3, -0.25) is 20.2 Å². The Morgan fingerprint density at radius 2 is 1.13 bits per heavy atom. The largest absolute Gasteiger partial charge is 0.292 e. The summed E-state index contributed by atoms with van der Waals surface area (Å²) in [7, 11) is -3.85. The third-order valence-corrected chi connectivity index (χ3v) is 4.87. The van der Waals surface area contributed by atoms with Crippen LogP contribution >= 0.6 is 0 Å². The first-order valence-corrected chi connectivity index (χ1v) is 10.3. The zero-order valence-corrected chi connectivity index (χ0v) is 16.5. The van der Waals surface area contributed by atoms with E-state index in [2.05, 4.69) is 15.6 Å². The molecule has 0 aliphatic rings. The highest BCUT2D eigenvalue weighted by Crippen LogP contribution is 2.15. The summed E-state index contributed by atoms with van der Waals surface area (Å²) in [5.41, 5.74) is 1.06. The van der Waals surface area contributed by atoms with Crippen LogP contribution in [-0.2, 0) is 10.0 Å². The standard InChI is InChI=1S/C21H18N4O4S/c22-30(28,29)18-13-11-17(12-14-18)23-21(24-19(26)15-7-3-1-4-8-15)25-20(27)16-9-5-2-6-10-16/h1-14H,(H2,22,28,29)(H2,23,24,25,26,27). The molecule has 2 amide bonds. The summed E-state index contributed by atoms with van der Waals surface area (Å²) >= 11 is 0. The fourth-order valence-corrected chi connectivity index (χ4v) is 2.98. The number of aliphatic imine (C=N–C) groups is 1. The Labute approximate surface area is 173 Å². The molecule has 0 aliphatic heterocycles. The summed E-state index contributed by atoms with van der Waals surface area (Å²) < 4.78 is 22.8. The van der Waals surface area contributed by atoms with Gasteiger partial charge in [-0.05, 0) is 48.5 Å². The minimum absolute atomic E-state index is 0.0790. The Morgan fingerprint density at radius 1 is 0.700 bits per heavy atom. The van der Waals surface area contributed by atoms with Crippen molar-refractivity contribution in [3.8, 4) is 0 Å². The number of nitrogens with zero attached hydrogens (tertiary/aromatic N) is 1. The first-order valence-electron chi connectivity index (χ1n) is 8.77.